The summed E-state index contributed by atoms with van der Waals surface area (Å²) < 4.78 is 5.09. The van der Waals surface area contributed by atoms with Gasteiger partial charge in [0.05, 0.1) is 6.61 Å². The summed E-state index contributed by atoms with van der Waals surface area (Å²) in [6.07, 6.45) is 1.39. The van der Waals surface area contributed by atoms with Crippen LogP contribution in [0.15, 0.2) is 60.7 Å². The van der Waals surface area contributed by atoms with Crippen molar-refractivity contribution in [2.45, 2.75) is 26.2 Å². The lowest BCUT2D eigenvalue weighted by molar-refractivity contribution is -0.151. The molecule has 0 heterocycles. The number of hydrogen-bond acceptors (Lipinski definition) is 3. The van der Waals surface area contributed by atoms with E-state index in [4.69, 9.17) is 4.74 Å². The molecule has 0 spiro atoms. The van der Waals surface area contributed by atoms with Gasteiger partial charge in [0.25, 0.3) is 0 Å². The third kappa shape index (κ3) is 5.37. The molecular formula is C20H22O3. The summed E-state index contributed by atoms with van der Waals surface area (Å²) in [6.45, 7) is 2.04. The molecule has 2 aromatic rings. The quantitative estimate of drug-likeness (QED) is 0.552. The van der Waals surface area contributed by atoms with Crippen molar-refractivity contribution in [3.63, 3.8) is 0 Å². The second kappa shape index (κ2) is 8.89. The number of ketones is 1. The first-order valence-electron chi connectivity index (χ1n) is 7.98. The Balaban J connectivity index is 2.03. The van der Waals surface area contributed by atoms with Gasteiger partial charge in [-0.25, -0.2) is 0 Å². The second-order valence-electron chi connectivity index (χ2n) is 5.45. The van der Waals surface area contributed by atoms with Gasteiger partial charge in [-0.1, -0.05) is 60.7 Å². The average molecular weight is 310 g/mol. The van der Waals surface area contributed by atoms with Gasteiger partial charge in [-0.15, -0.1) is 0 Å². The van der Waals surface area contributed by atoms with Crippen molar-refractivity contribution in [3.05, 3.63) is 71.8 Å². The highest BCUT2D eigenvalue weighted by atomic mass is 16.5. The first kappa shape index (κ1) is 16.9. The Kier molecular flexibility index (Phi) is 6.55. The van der Waals surface area contributed by atoms with Crippen LogP contribution in [0.1, 0.15) is 24.5 Å². The maximum atomic E-state index is 12.5. The van der Waals surface area contributed by atoms with Gasteiger partial charge in [0.1, 0.15) is 11.7 Å². The molecule has 0 amide bonds. The van der Waals surface area contributed by atoms with Crippen molar-refractivity contribution in [2.24, 2.45) is 5.92 Å². The number of hydrogen-bond donors (Lipinski definition) is 0. The first-order chi connectivity index (χ1) is 11.2. The fourth-order valence-corrected chi connectivity index (χ4v) is 2.51. The van der Waals surface area contributed by atoms with Crippen LogP contribution >= 0.6 is 0 Å². The van der Waals surface area contributed by atoms with E-state index in [-0.39, 0.29) is 12.4 Å². The Labute approximate surface area is 137 Å². The highest BCUT2D eigenvalue weighted by Gasteiger charge is 2.27. The highest BCUT2D eigenvalue weighted by Crippen LogP contribution is 2.15. The summed E-state index contributed by atoms with van der Waals surface area (Å²) in [4.78, 5) is 24.7. The van der Waals surface area contributed by atoms with Crippen LogP contribution in [0.25, 0.3) is 0 Å². The third-order valence-electron chi connectivity index (χ3n) is 3.75. The van der Waals surface area contributed by atoms with Crippen molar-refractivity contribution in [3.8, 4) is 0 Å². The SMILES string of the molecule is CCOC(=O)C(Cc1ccccc1)C(=O)CCc1ccccc1. The summed E-state index contributed by atoms with van der Waals surface area (Å²) in [5.74, 6) is -1.20. The standard InChI is InChI=1S/C20H22O3/c1-2-23-20(22)18(15-17-11-7-4-8-12-17)19(21)14-13-16-9-5-3-6-10-16/h3-12,18H,2,13-15H2,1H3. The lowest BCUT2D eigenvalue weighted by atomic mass is 9.92. The van der Waals surface area contributed by atoms with E-state index >= 15 is 0 Å². The molecule has 120 valence electrons. The fourth-order valence-electron chi connectivity index (χ4n) is 2.51. The highest BCUT2D eigenvalue weighted by molar-refractivity contribution is 5.99. The largest absolute Gasteiger partial charge is 0.465 e. The lowest BCUT2D eigenvalue weighted by Gasteiger charge is -2.15. The summed E-state index contributed by atoms with van der Waals surface area (Å²) in [5.41, 5.74) is 2.07. The lowest BCUT2D eigenvalue weighted by Crippen LogP contribution is -2.28. The topological polar surface area (TPSA) is 43.4 Å². The van der Waals surface area contributed by atoms with Gasteiger partial charge in [0.2, 0.25) is 0 Å². The van der Waals surface area contributed by atoms with Gasteiger partial charge in [0, 0.05) is 6.42 Å². The summed E-state index contributed by atoms with van der Waals surface area (Å²) in [5, 5.41) is 0. The number of carbonyl (C=O) groups is 2. The van der Waals surface area contributed by atoms with Crippen molar-refractivity contribution in [1.29, 1.82) is 0 Å². The number of esters is 1. The minimum Gasteiger partial charge on any atom is -0.465 e. The number of rotatable bonds is 8. The Bertz CT molecular complexity index is 620. The molecule has 0 aromatic heterocycles. The molecule has 0 fully saturated rings. The van der Waals surface area contributed by atoms with E-state index in [2.05, 4.69) is 0 Å². The molecule has 0 bridgehead atoms. The minimum absolute atomic E-state index is 0.0591. The maximum absolute atomic E-state index is 12.5. The summed E-state index contributed by atoms with van der Waals surface area (Å²) >= 11 is 0. The van der Waals surface area contributed by atoms with Crippen LogP contribution < -0.4 is 0 Å². The van der Waals surface area contributed by atoms with Crippen molar-refractivity contribution < 1.29 is 14.3 Å². The van der Waals surface area contributed by atoms with Crippen LogP contribution in [-0.4, -0.2) is 18.4 Å². The van der Waals surface area contributed by atoms with Gasteiger partial charge >= 0.3 is 5.97 Å². The predicted octanol–water partition coefficient (Wildman–Crippen LogP) is 3.61. The van der Waals surface area contributed by atoms with E-state index in [1.165, 1.54) is 0 Å². The Morgan fingerprint density at radius 1 is 0.913 bits per heavy atom. The molecule has 0 aliphatic rings. The number of carbonyl (C=O) groups excluding carboxylic acids is 2. The van der Waals surface area contributed by atoms with E-state index in [9.17, 15) is 9.59 Å². The molecule has 0 N–H and O–H groups in total. The Morgan fingerprint density at radius 3 is 2.04 bits per heavy atom. The molecule has 3 heteroatoms. The van der Waals surface area contributed by atoms with Gasteiger partial charge in [0.15, 0.2) is 0 Å². The summed E-state index contributed by atoms with van der Waals surface area (Å²) in [7, 11) is 0. The van der Waals surface area contributed by atoms with Gasteiger partial charge in [-0.05, 0) is 30.9 Å². The molecule has 0 aliphatic heterocycles. The Hall–Kier alpha value is -2.42. The van der Waals surface area contributed by atoms with Crippen molar-refractivity contribution in [2.75, 3.05) is 6.61 Å². The van der Waals surface area contributed by atoms with Crippen molar-refractivity contribution >= 4 is 11.8 Å². The molecular weight excluding hydrogens is 288 g/mol. The van der Waals surface area contributed by atoms with E-state index in [0.717, 1.165) is 11.1 Å². The van der Waals surface area contributed by atoms with E-state index in [1.807, 2.05) is 60.7 Å². The van der Waals surface area contributed by atoms with Crippen LogP contribution in [-0.2, 0) is 27.2 Å². The van der Waals surface area contributed by atoms with Gasteiger partial charge < -0.3 is 4.74 Å². The third-order valence-corrected chi connectivity index (χ3v) is 3.75. The normalized spacial score (nSPS) is 11.7. The van der Waals surface area contributed by atoms with Crippen LogP contribution in [0.4, 0.5) is 0 Å². The molecule has 0 radical (unpaired) electrons. The molecule has 2 rings (SSSR count). The molecule has 1 atom stereocenters. The van der Waals surface area contributed by atoms with E-state index < -0.39 is 11.9 Å². The Morgan fingerprint density at radius 2 is 1.48 bits per heavy atom. The molecule has 3 nitrogen and oxygen atoms in total. The smallest absolute Gasteiger partial charge is 0.316 e. The van der Waals surface area contributed by atoms with E-state index in [0.29, 0.717) is 19.3 Å². The van der Waals surface area contributed by atoms with Crippen LogP contribution in [0.2, 0.25) is 0 Å². The van der Waals surface area contributed by atoms with Crippen LogP contribution in [0.3, 0.4) is 0 Å². The number of ether oxygens (including phenoxy) is 1. The molecule has 0 aliphatic carbocycles. The van der Waals surface area contributed by atoms with E-state index in [1.54, 1.807) is 6.92 Å². The van der Waals surface area contributed by atoms with Crippen LogP contribution in [0.5, 0.6) is 0 Å². The molecule has 0 saturated heterocycles. The van der Waals surface area contributed by atoms with Crippen molar-refractivity contribution in [1.82, 2.24) is 0 Å². The molecule has 1 unspecified atom stereocenters. The zero-order valence-corrected chi connectivity index (χ0v) is 13.4. The molecule has 2 aromatic carbocycles. The zero-order valence-electron chi connectivity index (χ0n) is 13.4. The van der Waals surface area contributed by atoms with Gasteiger partial charge in [-0.3, -0.25) is 9.59 Å². The average Bonchev–Trinajstić information content (AvgIpc) is 2.59. The minimum atomic E-state index is -0.721. The first-order valence-corrected chi connectivity index (χ1v) is 7.98. The fraction of sp³-hybridized carbons (Fsp3) is 0.300. The molecule has 23 heavy (non-hydrogen) atoms. The van der Waals surface area contributed by atoms with Crippen LogP contribution in [0, 0.1) is 5.92 Å². The number of benzene rings is 2. The zero-order chi connectivity index (χ0) is 16.5. The van der Waals surface area contributed by atoms with Gasteiger partial charge in [-0.2, -0.15) is 0 Å². The number of Topliss-reactive ketones (excluding diaryl/α,β-unsaturated/α-hetero) is 1. The monoisotopic (exact) mass is 310 g/mol. The second-order valence-corrected chi connectivity index (χ2v) is 5.45. The summed E-state index contributed by atoms with van der Waals surface area (Å²) in [6, 6.07) is 19.4. The molecule has 0 saturated carbocycles. The maximum Gasteiger partial charge on any atom is 0.316 e. The number of aryl methyl sites for hydroxylation is 1. The predicted molar refractivity (Wildman–Crippen MR) is 90.0 cm³/mol.